The molecule has 1 aliphatic heterocycles. The summed E-state index contributed by atoms with van der Waals surface area (Å²) in [5.74, 6) is 0.123. The van der Waals surface area contributed by atoms with E-state index in [0.29, 0.717) is 6.54 Å². The zero-order valence-electron chi connectivity index (χ0n) is 11.0. The Bertz CT molecular complexity index is 481. The molecule has 0 N–H and O–H groups in total. The summed E-state index contributed by atoms with van der Waals surface area (Å²) in [5.41, 5.74) is 3.67. The molecule has 18 heavy (non-hydrogen) atoms. The van der Waals surface area contributed by atoms with E-state index in [-0.39, 0.29) is 5.91 Å². The first kappa shape index (κ1) is 12.6. The Hall–Kier alpha value is -1.83. The van der Waals surface area contributed by atoms with Gasteiger partial charge in [0, 0.05) is 19.2 Å². The van der Waals surface area contributed by atoms with E-state index in [1.165, 1.54) is 11.1 Å². The molecule has 1 aliphatic rings. The number of carbonyl (C=O) groups is 1. The van der Waals surface area contributed by atoms with Crippen molar-refractivity contribution < 1.29 is 4.79 Å². The molecule has 0 atom stereocenters. The lowest BCUT2D eigenvalue weighted by Crippen LogP contribution is -2.33. The number of carbonyl (C=O) groups excluding carboxylic acids is 1. The van der Waals surface area contributed by atoms with Crippen LogP contribution in [-0.2, 0) is 4.79 Å². The van der Waals surface area contributed by atoms with Crippen LogP contribution < -0.4 is 0 Å². The van der Waals surface area contributed by atoms with Gasteiger partial charge in [0.1, 0.15) is 0 Å². The second kappa shape index (κ2) is 5.67. The van der Waals surface area contributed by atoms with Gasteiger partial charge in [0.25, 0.3) is 0 Å². The van der Waals surface area contributed by atoms with Gasteiger partial charge in [-0.1, -0.05) is 42.0 Å². The summed E-state index contributed by atoms with van der Waals surface area (Å²) in [6.45, 7) is 5.43. The molecular formula is C16H19NO. The van der Waals surface area contributed by atoms with Gasteiger partial charge >= 0.3 is 0 Å². The minimum absolute atomic E-state index is 0.123. The third-order valence-electron chi connectivity index (χ3n) is 3.08. The Morgan fingerprint density at radius 2 is 1.94 bits per heavy atom. The fourth-order valence-electron chi connectivity index (χ4n) is 2.12. The lowest BCUT2D eigenvalue weighted by atomic mass is 9.99. The van der Waals surface area contributed by atoms with E-state index in [0.717, 1.165) is 18.5 Å². The maximum atomic E-state index is 11.9. The van der Waals surface area contributed by atoms with Crippen molar-refractivity contribution in [3.05, 3.63) is 53.6 Å². The largest absolute Gasteiger partial charge is 0.335 e. The highest BCUT2D eigenvalue weighted by Crippen LogP contribution is 2.22. The smallest absolute Gasteiger partial charge is 0.246 e. The zero-order valence-corrected chi connectivity index (χ0v) is 11.0. The van der Waals surface area contributed by atoms with Gasteiger partial charge in [-0.15, -0.1) is 0 Å². The first-order valence-corrected chi connectivity index (χ1v) is 6.35. The van der Waals surface area contributed by atoms with Gasteiger partial charge in [0.15, 0.2) is 0 Å². The van der Waals surface area contributed by atoms with Crippen LogP contribution in [0.3, 0.4) is 0 Å². The summed E-state index contributed by atoms with van der Waals surface area (Å²) < 4.78 is 0. The van der Waals surface area contributed by atoms with Gasteiger partial charge in [0.2, 0.25) is 5.91 Å². The molecule has 1 heterocycles. The molecule has 2 rings (SSSR count). The van der Waals surface area contributed by atoms with Crippen LogP contribution in [0.15, 0.2) is 48.1 Å². The van der Waals surface area contributed by atoms with Gasteiger partial charge in [-0.05, 0) is 31.4 Å². The summed E-state index contributed by atoms with van der Waals surface area (Å²) >= 11 is 0. The average Bonchev–Trinajstić information content (AvgIpc) is 2.39. The van der Waals surface area contributed by atoms with E-state index >= 15 is 0 Å². The van der Waals surface area contributed by atoms with Crippen LogP contribution in [0.1, 0.15) is 25.8 Å². The molecule has 0 saturated carbocycles. The van der Waals surface area contributed by atoms with Crippen molar-refractivity contribution >= 4 is 11.5 Å². The molecule has 1 aromatic rings. The van der Waals surface area contributed by atoms with Gasteiger partial charge in [-0.25, -0.2) is 0 Å². The van der Waals surface area contributed by atoms with Crippen molar-refractivity contribution in [2.75, 3.05) is 13.1 Å². The molecule has 1 amide bonds. The number of hydrogen-bond acceptors (Lipinski definition) is 1. The third kappa shape index (κ3) is 3.10. The standard InChI is InChI=1S/C16H19NO/c1-13(2)12-16(18)17-10-8-15(9-11-17)14-6-4-3-5-7-14/h3-8,12H,9-11H2,1-2H3. The summed E-state index contributed by atoms with van der Waals surface area (Å²) in [4.78, 5) is 13.8. The Kier molecular flexibility index (Phi) is 3.98. The van der Waals surface area contributed by atoms with Gasteiger partial charge in [-0.2, -0.15) is 0 Å². The molecule has 0 unspecified atom stereocenters. The number of amides is 1. The van der Waals surface area contributed by atoms with Crippen molar-refractivity contribution in [2.24, 2.45) is 0 Å². The predicted molar refractivity (Wildman–Crippen MR) is 75.0 cm³/mol. The average molecular weight is 241 g/mol. The van der Waals surface area contributed by atoms with Crippen molar-refractivity contribution in [1.29, 1.82) is 0 Å². The molecule has 0 fully saturated rings. The molecule has 2 heteroatoms. The van der Waals surface area contributed by atoms with Crippen molar-refractivity contribution in [3.63, 3.8) is 0 Å². The highest BCUT2D eigenvalue weighted by atomic mass is 16.2. The number of rotatable bonds is 2. The lowest BCUT2D eigenvalue weighted by Gasteiger charge is -2.25. The fraction of sp³-hybridized carbons (Fsp3) is 0.312. The van der Waals surface area contributed by atoms with E-state index in [2.05, 4.69) is 30.3 Å². The third-order valence-corrected chi connectivity index (χ3v) is 3.08. The summed E-state index contributed by atoms with van der Waals surface area (Å²) in [6.07, 6.45) is 4.81. The minimum atomic E-state index is 0.123. The predicted octanol–water partition coefficient (Wildman–Crippen LogP) is 3.27. The second-order valence-electron chi connectivity index (χ2n) is 4.85. The fourth-order valence-corrected chi connectivity index (χ4v) is 2.12. The van der Waals surface area contributed by atoms with Crippen molar-refractivity contribution in [1.82, 2.24) is 4.90 Å². The van der Waals surface area contributed by atoms with Crippen molar-refractivity contribution in [3.8, 4) is 0 Å². The van der Waals surface area contributed by atoms with E-state index in [1.807, 2.05) is 24.8 Å². The van der Waals surface area contributed by atoms with Crippen LogP contribution in [-0.4, -0.2) is 23.9 Å². The van der Waals surface area contributed by atoms with Gasteiger partial charge < -0.3 is 4.90 Å². The lowest BCUT2D eigenvalue weighted by molar-refractivity contribution is -0.125. The van der Waals surface area contributed by atoms with Crippen molar-refractivity contribution in [2.45, 2.75) is 20.3 Å². The minimum Gasteiger partial charge on any atom is -0.335 e. The molecule has 1 aromatic carbocycles. The molecule has 0 radical (unpaired) electrons. The highest BCUT2D eigenvalue weighted by molar-refractivity contribution is 5.89. The van der Waals surface area contributed by atoms with Crippen LogP contribution >= 0.6 is 0 Å². The molecule has 0 saturated heterocycles. The number of nitrogens with zero attached hydrogens (tertiary/aromatic N) is 1. The Balaban J connectivity index is 2.05. The summed E-state index contributed by atoms with van der Waals surface area (Å²) in [6, 6.07) is 10.4. The van der Waals surface area contributed by atoms with Crippen LogP contribution in [0.2, 0.25) is 0 Å². The second-order valence-corrected chi connectivity index (χ2v) is 4.85. The first-order valence-electron chi connectivity index (χ1n) is 6.35. The van der Waals surface area contributed by atoms with Gasteiger partial charge in [0.05, 0.1) is 0 Å². The van der Waals surface area contributed by atoms with Crippen LogP contribution in [0.25, 0.3) is 5.57 Å². The van der Waals surface area contributed by atoms with E-state index in [9.17, 15) is 4.79 Å². The molecule has 2 nitrogen and oxygen atoms in total. The quantitative estimate of drug-likeness (QED) is 0.728. The molecule has 0 aromatic heterocycles. The molecule has 0 bridgehead atoms. The monoisotopic (exact) mass is 241 g/mol. The number of benzene rings is 1. The Labute approximate surface area is 109 Å². The summed E-state index contributed by atoms with van der Waals surface area (Å²) in [7, 11) is 0. The van der Waals surface area contributed by atoms with E-state index < -0.39 is 0 Å². The van der Waals surface area contributed by atoms with Crippen LogP contribution in [0, 0.1) is 0 Å². The zero-order chi connectivity index (χ0) is 13.0. The Morgan fingerprint density at radius 3 is 2.50 bits per heavy atom. The van der Waals surface area contributed by atoms with Gasteiger partial charge in [-0.3, -0.25) is 4.79 Å². The van der Waals surface area contributed by atoms with E-state index in [1.54, 1.807) is 6.08 Å². The normalized spacial score (nSPS) is 15.0. The van der Waals surface area contributed by atoms with E-state index in [4.69, 9.17) is 0 Å². The molecule has 0 aliphatic carbocycles. The summed E-state index contributed by atoms with van der Waals surface area (Å²) in [5, 5.41) is 0. The Morgan fingerprint density at radius 1 is 1.22 bits per heavy atom. The molecular weight excluding hydrogens is 222 g/mol. The van der Waals surface area contributed by atoms with Crippen LogP contribution in [0.4, 0.5) is 0 Å². The molecule has 0 spiro atoms. The number of hydrogen-bond donors (Lipinski definition) is 0. The topological polar surface area (TPSA) is 20.3 Å². The highest BCUT2D eigenvalue weighted by Gasteiger charge is 2.15. The van der Waals surface area contributed by atoms with Crippen LogP contribution in [0.5, 0.6) is 0 Å². The SMILES string of the molecule is CC(C)=CC(=O)N1CC=C(c2ccccc2)CC1. The maximum Gasteiger partial charge on any atom is 0.246 e. The first-order chi connectivity index (χ1) is 8.66. The maximum absolute atomic E-state index is 11.9. The number of allylic oxidation sites excluding steroid dienone is 1. The molecule has 94 valence electrons.